The smallest absolute Gasteiger partial charge is 0.191 e. The summed E-state index contributed by atoms with van der Waals surface area (Å²) < 4.78 is 11.2. The van der Waals surface area contributed by atoms with E-state index in [9.17, 15) is 0 Å². The van der Waals surface area contributed by atoms with Crippen molar-refractivity contribution in [3.05, 3.63) is 0 Å². The summed E-state index contributed by atoms with van der Waals surface area (Å²) in [6.45, 7) is 9.68. The van der Waals surface area contributed by atoms with Crippen LogP contribution in [0.4, 0.5) is 0 Å². The molecular weight excluding hydrogens is 316 g/mol. The van der Waals surface area contributed by atoms with Gasteiger partial charge in [0.25, 0.3) is 0 Å². The molecule has 6 nitrogen and oxygen atoms in total. The Balaban J connectivity index is 1.47. The number of nitrogens with zero attached hydrogens (tertiary/aromatic N) is 2. The van der Waals surface area contributed by atoms with Crippen LogP contribution < -0.4 is 10.6 Å². The summed E-state index contributed by atoms with van der Waals surface area (Å²) in [5.41, 5.74) is 0.173. The van der Waals surface area contributed by atoms with Crippen molar-refractivity contribution in [1.29, 1.82) is 0 Å². The van der Waals surface area contributed by atoms with Gasteiger partial charge in [-0.05, 0) is 25.7 Å². The number of guanidine groups is 1. The van der Waals surface area contributed by atoms with Gasteiger partial charge in [-0.25, -0.2) is 0 Å². The molecule has 1 saturated carbocycles. The normalized spacial score (nSPS) is 33.4. The van der Waals surface area contributed by atoms with Crippen LogP contribution in [0.2, 0.25) is 0 Å². The number of methoxy groups -OCH3 is 1. The summed E-state index contributed by atoms with van der Waals surface area (Å²) in [4.78, 5) is 6.98. The van der Waals surface area contributed by atoms with Crippen LogP contribution in [0.5, 0.6) is 0 Å². The van der Waals surface area contributed by atoms with E-state index in [-0.39, 0.29) is 5.41 Å². The van der Waals surface area contributed by atoms with Gasteiger partial charge in [0.05, 0.1) is 12.7 Å². The van der Waals surface area contributed by atoms with Gasteiger partial charge in [-0.1, -0.05) is 13.8 Å². The molecule has 3 fully saturated rings. The number of nitrogens with one attached hydrogen (secondary N) is 2. The van der Waals surface area contributed by atoms with Crippen molar-refractivity contribution in [2.75, 3.05) is 47.0 Å². The zero-order valence-corrected chi connectivity index (χ0v) is 16.4. The summed E-state index contributed by atoms with van der Waals surface area (Å²) in [6, 6.07) is 0.956. The molecule has 2 aliphatic heterocycles. The lowest BCUT2D eigenvalue weighted by Crippen LogP contribution is -2.71. The van der Waals surface area contributed by atoms with Gasteiger partial charge in [0.15, 0.2) is 5.96 Å². The van der Waals surface area contributed by atoms with Crippen LogP contribution >= 0.6 is 0 Å². The third-order valence-corrected chi connectivity index (χ3v) is 6.39. The van der Waals surface area contributed by atoms with Crippen molar-refractivity contribution in [2.24, 2.45) is 16.3 Å². The number of aliphatic imine (C=N–C) groups is 1. The van der Waals surface area contributed by atoms with E-state index < -0.39 is 0 Å². The summed E-state index contributed by atoms with van der Waals surface area (Å²) in [6.07, 6.45) is 5.17. The third-order valence-electron chi connectivity index (χ3n) is 6.39. The predicted octanol–water partition coefficient (Wildman–Crippen LogP) is 1.47. The van der Waals surface area contributed by atoms with Gasteiger partial charge in [0.1, 0.15) is 0 Å². The van der Waals surface area contributed by atoms with Crippen molar-refractivity contribution < 1.29 is 9.47 Å². The van der Waals surface area contributed by atoms with E-state index in [0.29, 0.717) is 24.1 Å². The molecule has 0 bridgehead atoms. The highest BCUT2D eigenvalue weighted by Gasteiger charge is 2.58. The predicted molar refractivity (Wildman–Crippen MR) is 101 cm³/mol. The number of rotatable bonds is 5. The Morgan fingerprint density at radius 2 is 2.00 bits per heavy atom. The highest BCUT2D eigenvalue weighted by atomic mass is 16.5. The fourth-order valence-electron chi connectivity index (χ4n) is 4.85. The first-order valence-corrected chi connectivity index (χ1v) is 9.89. The molecule has 0 aromatic heterocycles. The molecule has 3 atom stereocenters. The lowest BCUT2D eigenvalue weighted by Gasteiger charge is -2.60. The molecule has 3 unspecified atom stereocenters. The Bertz CT molecular complexity index is 460. The van der Waals surface area contributed by atoms with Gasteiger partial charge in [0.2, 0.25) is 0 Å². The number of hydrogen-bond acceptors (Lipinski definition) is 4. The number of piperidine rings is 1. The Morgan fingerprint density at radius 1 is 1.24 bits per heavy atom. The number of hydrogen-bond donors (Lipinski definition) is 2. The number of ether oxygens (including phenoxy) is 2. The van der Waals surface area contributed by atoms with E-state index >= 15 is 0 Å². The highest BCUT2D eigenvalue weighted by molar-refractivity contribution is 5.80. The van der Waals surface area contributed by atoms with Crippen LogP contribution in [0, 0.1) is 11.3 Å². The Morgan fingerprint density at radius 3 is 2.68 bits per heavy atom. The lowest BCUT2D eigenvalue weighted by molar-refractivity contribution is -0.188. The van der Waals surface area contributed by atoms with Gasteiger partial charge in [-0.15, -0.1) is 0 Å². The van der Waals surface area contributed by atoms with Gasteiger partial charge in [0, 0.05) is 63.8 Å². The Hall–Kier alpha value is -0.850. The fourth-order valence-corrected chi connectivity index (χ4v) is 4.85. The largest absolute Gasteiger partial charge is 0.383 e. The molecule has 2 N–H and O–H groups in total. The monoisotopic (exact) mass is 352 g/mol. The fraction of sp³-hybridized carbons (Fsp3) is 0.947. The summed E-state index contributed by atoms with van der Waals surface area (Å²) in [7, 11) is 3.65. The molecule has 3 rings (SSSR count). The molecule has 0 aromatic carbocycles. The number of likely N-dealkylation sites (tertiary alicyclic amines) is 1. The quantitative estimate of drug-likeness (QED) is 0.580. The van der Waals surface area contributed by atoms with Gasteiger partial charge in [-0.3, -0.25) is 4.99 Å². The molecule has 0 amide bonds. The first-order chi connectivity index (χ1) is 12.1. The summed E-state index contributed by atoms with van der Waals surface area (Å²) >= 11 is 0. The Labute approximate surface area is 152 Å². The van der Waals surface area contributed by atoms with Gasteiger partial charge < -0.3 is 25.0 Å². The van der Waals surface area contributed by atoms with Crippen molar-refractivity contribution in [1.82, 2.24) is 15.5 Å². The maximum Gasteiger partial charge on any atom is 0.191 e. The molecule has 0 radical (unpaired) electrons. The molecule has 2 saturated heterocycles. The molecule has 3 aliphatic rings. The first kappa shape index (κ1) is 18.9. The van der Waals surface area contributed by atoms with Crippen LogP contribution in [0.15, 0.2) is 4.99 Å². The molecular formula is C19H36N4O2. The van der Waals surface area contributed by atoms with Crippen molar-refractivity contribution >= 4 is 5.96 Å². The van der Waals surface area contributed by atoms with Gasteiger partial charge in [-0.2, -0.15) is 0 Å². The molecule has 6 heteroatoms. The SMILES string of the molecule is CN=C(NC1CCN(CCOC)CC1)NC1C2CCCOC2C1(C)C. The lowest BCUT2D eigenvalue weighted by atomic mass is 9.55. The summed E-state index contributed by atoms with van der Waals surface area (Å²) in [5, 5.41) is 7.37. The van der Waals surface area contributed by atoms with E-state index in [1.807, 2.05) is 7.05 Å². The first-order valence-electron chi connectivity index (χ1n) is 9.89. The van der Waals surface area contributed by atoms with Gasteiger partial charge >= 0.3 is 0 Å². The summed E-state index contributed by atoms with van der Waals surface area (Å²) in [5.74, 6) is 1.58. The zero-order valence-electron chi connectivity index (χ0n) is 16.4. The third kappa shape index (κ3) is 4.12. The molecule has 144 valence electrons. The second-order valence-corrected chi connectivity index (χ2v) is 8.37. The van der Waals surface area contributed by atoms with E-state index in [1.54, 1.807) is 7.11 Å². The topological polar surface area (TPSA) is 58.1 Å². The van der Waals surface area contributed by atoms with Crippen molar-refractivity contribution in [3.8, 4) is 0 Å². The minimum Gasteiger partial charge on any atom is -0.383 e. The van der Waals surface area contributed by atoms with E-state index in [0.717, 1.165) is 51.6 Å². The molecule has 0 spiro atoms. The van der Waals surface area contributed by atoms with Crippen LogP contribution in [0.3, 0.4) is 0 Å². The molecule has 2 heterocycles. The standard InChI is InChI=1S/C19H36N4O2/c1-19(2)16(15-6-5-12-25-17(15)19)22-18(20-3)21-14-7-9-23(10-8-14)11-13-24-4/h14-17H,5-13H2,1-4H3,(H2,20,21,22). The van der Waals surface area contributed by atoms with E-state index in [2.05, 4.69) is 34.4 Å². The minimum atomic E-state index is 0.173. The van der Waals surface area contributed by atoms with Crippen LogP contribution in [-0.2, 0) is 9.47 Å². The Kier molecular flexibility index (Phi) is 6.23. The number of fused-ring (bicyclic) bond motifs is 1. The van der Waals surface area contributed by atoms with Crippen LogP contribution in [0.25, 0.3) is 0 Å². The van der Waals surface area contributed by atoms with Crippen LogP contribution in [0.1, 0.15) is 39.5 Å². The van der Waals surface area contributed by atoms with E-state index in [1.165, 1.54) is 12.8 Å². The zero-order chi connectivity index (χ0) is 17.9. The van der Waals surface area contributed by atoms with Crippen molar-refractivity contribution in [3.63, 3.8) is 0 Å². The van der Waals surface area contributed by atoms with Crippen LogP contribution in [-0.4, -0.2) is 76.1 Å². The average molecular weight is 353 g/mol. The van der Waals surface area contributed by atoms with E-state index in [4.69, 9.17) is 9.47 Å². The molecule has 25 heavy (non-hydrogen) atoms. The van der Waals surface area contributed by atoms with Crippen molar-refractivity contribution in [2.45, 2.75) is 57.7 Å². The highest BCUT2D eigenvalue weighted by Crippen LogP contribution is 2.51. The minimum absolute atomic E-state index is 0.173. The maximum absolute atomic E-state index is 6.02. The average Bonchev–Trinajstić information content (AvgIpc) is 2.64. The second-order valence-electron chi connectivity index (χ2n) is 8.37. The molecule has 0 aromatic rings. The maximum atomic E-state index is 6.02. The molecule has 1 aliphatic carbocycles. The second kappa shape index (κ2) is 8.23.